The predicted octanol–water partition coefficient (Wildman–Crippen LogP) is 7.13. The number of para-hydroxylation sites is 1. The number of Topliss-reactive ketones (excluding diaryl/α,β-unsaturated/α-hetero) is 1. The first-order chi connectivity index (χ1) is 18.0. The number of benzene rings is 4. The summed E-state index contributed by atoms with van der Waals surface area (Å²) >= 11 is 5.88. The van der Waals surface area contributed by atoms with E-state index in [1.807, 2.05) is 72.8 Å². The SMILES string of the molecule is O=C(CNC(CCOc1ccc2c(c1)oc1ccccc12)c1ccccc1)c1ccc(Cl)c([N+](=O)[O-])c1. The molecule has 4 aromatic carbocycles. The summed E-state index contributed by atoms with van der Waals surface area (Å²) < 4.78 is 12.0. The van der Waals surface area contributed by atoms with Crippen molar-refractivity contribution in [2.45, 2.75) is 12.5 Å². The molecule has 0 aliphatic rings. The van der Waals surface area contributed by atoms with Crippen molar-refractivity contribution in [3.63, 3.8) is 0 Å². The zero-order chi connectivity index (χ0) is 25.8. The van der Waals surface area contributed by atoms with Crippen LogP contribution in [-0.2, 0) is 0 Å². The van der Waals surface area contributed by atoms with Crippen molar-refractivity contribution in [1.29, 1.82) is 0 Å². The minimum atomic E-state index is -0.598. The van der Waals surface area contributed by atoms with E-state index < -0.39 is 4.92 Å². The smallest absolute Gasteiger partial charge is 0.288 e. The van der Waals surface area contributed by atoms with Gasteiger partial charge in [0.2, 0.25) is 0 Å². The van der Waals surface area contributed by atoms with E-state index in [4.69, 9.17) is 20.8 Å². The molecule has 0 amide bonds. The van der Waals surface area contributed by atoms with Crippen LogP contribution >= 0.6 is 11.6 Å². The molecular weight excluding hydrogens is 492 g/mol. The van der Waals surface area contributed by atoms with E-state index in [0.717, 1.165) is 27.5 Å². The number of fused-ring (bicyclic) bond motifs is 3. The number of furan rings is 1. The first-order valence-corrected chi connectivity index (χ1v) is 12.2. The summed E-state index contributed by atoms with van der Waals surface area (Å²) in [7, 11) is 0. The normalized spacial score (nSPS) is 12.0. The molecule has 0 saturated heterocycles. The molecule has 0 spiro atoms. The molecule has 1 unspecified atom stereocenters. The molecular formula is C29H23ClN2O5. The number of hydrogen-bond donors (Lipinski definition) is 1. The third kappa shape index (κ3) is 5.48. The second-order valence-corrected chi connectivity index (χ2v) is 8.99. The summed E-state index contributed by atoms with van der Waals surface area (Å²) in [4.78, 5) is 23.4. The highest BCUT2D eigenvalue weighted by molar-refractivity contribution is 6.32. The number of ketones is 1. The van der Waals surface area contributed by atoms with E-state index in [2.05, 4.69) is 5.32 Å². The molecule has 1 N–H and O–H groups in total. The van der Waals surface area contributed by atoms with E-state index in [1.54, 1.807) is 0 Å². The van der Waals surface area contributed by atoms with Crippen LogP contribution in [-0.4, -0.2) is 23.9 Å². The largest absolute Gasteiger partial charge is 0.493 e. The van der Waals surface area contributed by atoms with Gasteiger partial charge in [-0.3, -0.25) is 14.9 Å². The van der Waals surface area contributed by atoms with Crippen LogP contribution < -0.4 is 10.1 Å². The summed E-state index contributed by atoms with van der Waals surface area (Å²) in [5.74, 6) is 0.430. The highest BCUT2D eigenvalue weighted by atomic mass is 35.5. The number of ether oxygens (including phenoxy) is 1. The van der Waals surface area contributed by atoms with Gasteiger partial charge in [-0.25, -0.2) is 0 Å². The molecule has 8 heteroatoms. The standard InChI is InChI=1S/C29H23ClN2O5/c30-24-13-10-20(16-26(24)32(34)35)27(33)18-31-25(19-6-2-1-3-7-19)14-15-36-21-11-12-23-22-8-4-5-9-28(22)37-29(23)17-21/h1-13,16-17,25,31H,14-15,18H2. The Morgan fingerprint density at radius 1 is 0.946 bits per heavy atom. The van der Waals surface area contributed by atoms with Crippen molar-refractivity contribution in [2.75, 3.05) is 13.2 Å². The lowest BCUT2D eigenvalue weighted by Gasteiger charge is -2.19. The van der Waals surface area contributed by atoms with Gasteiger partial charge in [0.1, 0.15) is 21.9 Å². The van der Waals surface area contributed by atoms with Crippen molar-refractivity contribution in [3.05, 3.63) is 117 Å². The summed E-state index contributed by atoms with van der Waals surface area (Å²) in [6.45, 7) is 0.405. The summed E-state index contributed by atoms with van der Waals surface area (Å²) in [6.07, 6.45) is 0.593. The van der Waals surface area contributed by atoms with E-state index in [0.29, 0.717) is 18.8 Å². The van der Waals surface area contributed by atoms with Crippen LogP contribution in [0.15, 0.2) is 95.4 Å². The van der Waals surface area contributed by atoms with Gasteiger partial charge in [0.15, 0.2) is 5.78 Å². The number of rotatable bonds is 10. The van der Waals surface area contributed by atoms with Gasteiger partial charge in [-0.2, -0.15) is 0 Å². The van der Waals surface area contributed by atoms with Crippen molar-refractivity contribution < 1.29 is 18.9 Å². The molecule has 0 radical (unpaired) electrons. The maximum absolute atomic E-state index is 12.8. The first-order valence-electron chi connectivity index (χ1n) is 11.8. The number of nitro groups is 1. The number of hydrogen-bond acceptors (Lipinski definition) is 6. The number of nitrogens with one attached hydrogen (secondary N) is 1. The minimum Gasteiger partial charge on any atom is -0.493 e. The van der Waals surface area contributed by atoms with Crippen molar-refractivity contribution in [2.24, 2.45) is 0 Å². The fraction of sp³-hybridized carbons (Fsp3) is 0.138. The lowest BCUT2D eigenvalue weighted by atomic mass is 10.0. The van der Waals surface area contributed by atoms with E-state index in [1.165, 1.54) is 18.2 Å². The average Bonchev–Trinajstić information content (AvgIpc) is 3.29. The third-order valence-corrected chi connectivity index (χ3v) is 6.52. The summed E-state index contributed by atoms with van der Waals surface area (Å²) in [5, 5.41) is 16.5. The number of halogens is 1. The number of carbonyl (C=O) groups excluding carboxylic acids is 1. The van der Waals surface area contributed by atoms with Gasteiger partial charge in [-0.05, 0) is 35.9 Å². The Morgan fingerprint density at radius 3 is 2.51 bits per heavy atom. The fourth-order valence-corrected chi connectivity index (χ4v) is 4.49. The monoisotopic (exact) mass is 514 g/mol. The van der Waals surface area contributed by atoms with Gasteiger partial charge in [0, 0.05) is 40.9 Å². The van der Waals surface area contributed by atoms with Crippen LogP contribution in [0.5, 0.6) is 5.75 Å². The van der Waals surface area contributed by atoms with Crippen LogP contribution in [0.1, 0.15) is 28.4 Å². The zero-order valence-electron chi connectivity index (χ0n) is 19.7. The predicted molar refractivity (Wildman–Crippen MR) is 143 cm³/mol. The van der Waals surface area contributed by atoms with Crippen molar-refractivity contribution >= 4 is 45.0 Å². The van der Waals surface area contributed by atoms with Gasteiger partial charge in [0.25, 0.3) is 5.69 Å². The molecule has 0 fully saturated rings. The zero-order valence-corrected chi connectivity index (χ0v) is 20.5. The highest BCUT2D eigenvalue weighted by Crippen LogP contribution is 2.31. The lowest BCUT2D eigenvalue weighted by molar-refractivity contribution is -0.384. The molecule has 1 atom stereocenters. The van der Waals surface area contributed by atoms with Crippen LogP contribution in [0.25, 0.3) is 21.9 Å². The molecule has 0 bridgehead atoms. The fourth-order valence-electron chi connectivity index (χ4n) is 4.31. The number of nitrogens with zero attached hydrogens (tertiary/aromatic N) is 1. The summed E-state index contributed by atoms with van der Waals surface area (Å²) in [5.41, 5.74) is 2.54. The Balaban J connectivity index is 1.26. The molecule has 5 aromatic rings. The third-order valence-electron chi connectivity index (χ3n) is 6.20. The van der Waals surface area contributed by atoms with Crippen LogP contribution in [0.4, 0.5) is 5.69 Å². The maximum atomic E-state index is 12.8. The highest BCUT2D eigenvalue weighted by Gasteiger charge is 2.18. The minimum absolute atomic E-state index is 0.00327. The first kappa shape index (κ1) is 24.5. The topological polar surface area (TPSA) is 94.6 Å². The molecule has 5 rings (SSSR count). The molecule has 0 saturated carbocycles. The Hall–Kier alpha value is -4.20. The van der Waals surface area contributed by atoms with Crippen LogP contribution in [0, 0.1) is 10.1 Å². The number of nitro benzene ring substituents is 1. The van der Waals surface area contributed by atoms with Gasteiger partial charge < -0.3 is 14.5 Å². The molecule has 7 nitrogen and oxygen atoms in total. The van der Waals surface area contributed by atoms with Crippen molar-refractivity contribution in [1.82, 2.24) is 5.32 Å². The van der Waals surface area contributed by atoms with Gasteiger partial charge in [-0.1, -0.05) is 60.1 Å². The van der Waals surface area contributed by atoms with Crippen molar-refractivity contribution in [3.8, 4) is 5.75 Å². The molecule has 1 aromatic heterocycles. The number of carbonyl (C=O) groups is 1. The molecule has 37 heavy (non-hydrogen) atoms. The van der Waals surface area contributed by atoms with Gasteiger partial charge in [-0.15, -0.1) is 0 Å². The van der Waals surface area contributed by atoms with Crippen LogP contribution in [0.3, 0.4) is 0 Å². The Labute approximate surface area is 217 Å². The van der Waals surface area contributed by atoms with Crippen LogP contribution in [0.2, 0.25) is 5.02 Å². The quantitative estimate of drug-likeness (QED) is 0.121. The molecule has 186 valence electrons. The molecule has 1 heterocycles. The van der Waals surface area contributed by atoms with Gasteiger partial charge in [0.05, 0.1) is 18.1 Å². The van der Waals surface area contributed by atoms with E-state index in [-0.39, 0.29) is 34.6 Å². The Kier molecular flexibility index (Phi) is 7.16. The maximum Gasteiger partial charge on any atom is 0.288 e. The van der Waals surface area contributed by atoms with Gasteiger partial charge >= 0.3 is 0 Å². The molecule has 0 aliphatic carbocycles. The second-order valence-electron chi connectivity index (χ2n) is 8.58. The molecule has 0 aliphatic heterocycles. The average molecular weight is 515 g/mol. The van der Waals surface area contributed by atoms with E-state index in [9.17, 15) is 14.9 Å². The second kappa shape index (κ2) is 10.8. The summed E-state index contributed by atoms with van der Waals surface area (Å²) in [6, 6.07) is 27.4. The Bertz CT molecular complexity index is 1580. The Morgan fingerprint density at radius 2 is 1.70 bits per heavy atom. The lowest BCUT2D eigenvalue weighted by Crippen LogP contribution is -2.29. The van der Waals surface area contributed by atoms with E-state index >= 15 is 0 Å².